The van der Waals surface area contributed by atoms with Gasteiger partial charge in [-0.05, 0) is 43.5 Å². The van der Waals surface area contributed by atoms with Crippen molar-refractivity contribution in [2.45, 2.75) is 19.9 Å². The highest BCUT2D eigenvalue weighted by atomic mass is 35.5. The molecular weight excluding hydrogens is 320 g/mol. The van der Waals surface area contributed by atoms with Crippen LogP contribution in [-0.2, 0) is 0 Å². The van der Waals surface area contributed by atoms with Gasteiger partial charge in [-0.1, -0.05) is 11.6 Å². The van der Waals surface area contributed by atoms with E-state index >= 15 is 0 Å². The second-order valence-electron chi connectivity index (χ2n) is 5.17. The third kappa shape index (κ3) is 3.67. The largest absolute Gasteiger partial charge is 0.339 e. The number of anilines is 1. The highest BCUT2D eigenvalue weighted by Crippen LogP contribution is 2.25. The number of hydrogen-bond acceptors (Lipinski definition) is 3. The molecule has 0 unspecified atom stereocenters. The lowest BCUT2D eigenvalue weighted by molar-refractivity contribution is 0.0754. The van der Waals surface area contributed by atoms with Gasteiger partial charge < -0.3 is 10.2 Å². The van der Waals surface area contributed by atoms with Crippen LogP contribution in [0.1, 0.15) is 34.6 Å². The SMILES string of the molecule is CC(C)N(C)C(=O)c1ccc(Cl)c(NC(=O)c2ccsc2)c1. The third-order valence-electron chi connectivity index (χ3n) is 3.34. The zero-order chi connectivity index (χ0) is 16.3. The molecule has 22 heavy (non-hydrogen) atoms. The number of amides is 2. The van der Waals surface area contributed by atoms with Crippen LogP contribution in [-0.4, -0.2) is 29.8 Å². The van der Waals surface area contributed by atoms with Crippen molar-refractivity contribution in [2.24, 2.45) is 0 Å². The van der Waals surface area contributed by atoms with Crippen molar-refractivity contribution < 1.29 is 9.59 Å². The van der Waals surface area contributed by atoms with Crippen molar-refractivity contribution in [3.63, 3.8) is 0 Å². The molecule has 2 rings (SSSR count). The van der Waals surface area contributed by atoms with Crippen LogP contribution in [0.15, 0.2) is 35.0 Å². The molecule has 0 spiro atoms. The van der Waals surface area contributed by atoms with Crippen LogP contribution in [0.4, 0.5) is 5.69 Å². The summed E-state index contributed by atoms with van der Waals surface area (Å²) in [5, 5.41) is 6.72. The maximum atomic E-state index is 12.3. The monoisotopic (exact) mass is 336 g/mol. The molecule has 6 heteroatoms. The highest BCUT2D eigenvalue weighted by molar-refractivity contribution is 7.08. The number of carbonyl (C=O) groups is 2. The van der Waals surface area contributed by atoms with Crippen LogP contribution in [0.2, 0.25) is 5.02 Å². The van der Waals surface area contributed by atoms with E-state index in [9.17, 15) is 9.59 Å². The molecule has 1 heterocycles. The minimum atomic E-state index is -0.245. The van der Waals surface area contributed by atoms with Gasteiger partial charge in [0.05, 0.1) is 16.3 Å². The molecule has 0 radical (unpaired) electrons. The average molecular weight is 337 g/mol. The Morgan fingerprint density at radius 1 is 1.23 bits per heavy atom. The standard InChI is InChI=1S/C16H17ClN2O2S/c1-10(2)19(3)16(21)11-4-5-13(17)14(8-11)18-15(20)12-6-7-22-9-12/h4-10H,1-3H3,(H,18,20). The van der Waals surface area contributed by atoms with E-state index in [1.807, 2.05) is 19.2 Å². The summed E-state index contributed by atoms with van der Waals surface area (Å²) in [5.74, 6) is -0.359. The maximum Gasteiger partial charge on any atom is 0.256 e. The summed E-state index contributed by atoms with van der Waals surface area (Å²) in [7, 11) is 1.74. The fraction of sp³-hybridized carbons (Fsp3) is 0.250. The topological polar surface area (TPSA) is 49.4 Å². The lowest BCUT2D eigenvalue weighted by Crippen LogP contribution is -2.33. The Hall–Kier alpha value is -1.85. The highest BCUT2D eigenvalue weighted by Gasteiger charge is 2.17. The van der Waals surface area contributed by atoms with Gasteiger partial charge in [0.25, 0.3) is 11.8 Å². The molecule has 0 aliphatic rings. The molecule has 1 N–H and O–H groups in total. The van der Waals surface area contributed by atoms with Gasteiger partial charge in [0.1, 0.15) is 0 Å². The van der Waals surface area contributed by atoms with Gasteiger partial charge in [0, 0.05) is 24.0 Å². The predicted octanol–water partition coefficient (Wildman–Crippen LogP) is 4.13. The first-order valence-corrected chi connectivity index (χ1v) is 8.12. The molecule has 4 nitrogen and oxygen atoms in total. The minimum Gasteiger partial charge on any atom is -0.339 e. The second kappa shape index (κ2) is 6.94. The third-order valence-corrected chi connectivity index (χ3v) is 4.35. The lowest BCUT2D eigenvalue weighted by atomic mass is 10.1. The molecule has 0 fully saturated rings. The Balaban J connectivity index is 2.24. The zero-order valence-corrected chi connectivity index (χ0v) is 14.2. The van der Waals surface area contributed by atoms with E-state index in [0.29, 0.717) is 21.8 Å². The summed E-state index contributed by atoms with van der Waals surface area (Å²) < 4.78 is 0. The summed E-state index contributed by atoms with van der Waals surface area (Å²) in [4.78, 5) is 26.1. The summed E-state index contributed by atoms with van der Waals surface area (Å²) in [6, 6.07) is 6.70. The number of halogens is 1. The second-order valence-corrected chi connectivity index (χ2v) is 6.36. The number of nitrogens with one attached hydrogen (secondary N) is 1. The van der Waals surface area contributed by atoms with E-state index in [2.05, 4.69) is 5.32 Å². The van der Waals surface area contributed by atoms with Gasteiger partial charge in [-0.3, -0.25) is 9.59 Å². The van der Waals surface area contributed by atoms with Crippen molar-refractivity contribution in [2.75, 3.05) is 12.4 Å². The maximum absolute atomic E-state index is 12.3. The van der Waals surface area contributed by atoms with E-state index in [4.69, 9.17) is 11.6 Å². The smallest absolute Gasteiger partial charge is 0.256 e. The average Bonchev–Trinajstić information content (AvgIpc) is 3.02. The van der Waals surface area contributed by atoms with Gasteiger partial charge >= 0.3 is 0 Å². The molecular formula is C16H17ClN2O2S. The predicted molar refractivity (Wildman–Crippen MR) is 91.0 cm³/mol. The van der Waals surface area contributed by atoms with E-state index in [1.165, 1.54) is 11.3 Å². The first-order valence-electron chi connectivity index (χ1n) is 6.80. The number of rotatable bonds is 4. The van der Waals surface area contributed by atoms with Crippen LogP contribution >= 0.6 is 22.9 Å². The number of carbonyl (C=O) groups excluding carboxylic acids is 2. The van der Waals surface area contributed by atoms with Crippen LogP contribution < -0.4 is 5.32 Å². The lowest BCUT2D eigenvalue weighted by Gasteiger charge is -2.22. The van der Waals surface area contributed by atoms with Crippen LogP contribution in [0.5, 0.6) is 0 Å². The van der Waals surface area contributed by atoms with E-state index in [0.717, 1.165) is 0 Å². The molecule has 1 aromatic carbocycles. The molecule has 0 saturated carbocycles. The Kier molecular flexibility index (Phi) is 5.21. The summed E-state index contributed by atoms with van der Waals surface area (Å²) in [5.41, 5.74) is 1.49. The summed E-state index contributed by atoms with van der Waals surface area (Å²) in [6.07, 6.45) is 0. The van der Waals surface area contributed by atoms with Crippen LogP contribution in [0.3, 0.4) is 0 Å². The Morgan fingerprint density at radius 3 is 2.55 bits per heavy atom. The quantitative estimate of drug-likeness (QED) is 0.912. The summed E-state index contributed by atoms with van der Waals surface area (Å²) in [6.45, 7) is 3.88. The molecule has 0 aliphatic heterocycles. The van der Waals surface area contributed by atoms with E-state index in [-0.39, 0.29) is 17.9 Å². The first kappa shape index (κ1) is 16.5. The van der Waals surface area contributed by atoms with Gasteiger partial charge in [0.2, 0.25) is 0 Å². The van der Waals surface area contributed by atoms with Crippen LogP contribution in [0.25, 0.3) is 0 Å². The molecule has 116 valence electrons. The summed E-state index contributed by atoms with van der Waals surface area (Å²) >= 11 is 7.55. The Bertz CT molecular complexity index is 683. The molecule has 1 aromatic heterocycles. The zero-order valence-electron chi connectivity index (χ0n) is 12.6. The Labute approximate surface area is 138 Å². The fourth-order valence-corrected chi connectivity index (χ4v) is 2.58. The van der Waals surface area contributed by atoms with Crippen molar-refractivity contribution in [1.82, 2.24) is 4.90 Å². The van der Waals surface area contributed by atoms with Crippen molar-refractivity contribution in [1.29, 1.82) is 0 Å². The molecule has 0 aliphatic carbocycles. The van der Waals surface area contributed by atoms with Gasteiger partial charge in [-0.15, -0.1) is 0 Å². The fourth-order valence-electron chi connectivity index (χ4n) is 1.78. The van der Waals surface area contributed by atoms with Gasteiger partial charge in [-0.2, -0.15) is 11.3 Å². The minimum absolute atomic E-state index is 0.0898. The molecule has 0 bridgehead atoms. The van der Waals surface area contributed by atoms with Crippen molar-refractivity contribution in [3.05, 3.63) is 51.2 Å². The van der Waals surface area contributed by atoms with Crippen molar-refractivity contribution in [3.8, 4) is 0 Å². The van der Waals surface area contributed by atoms with Crippen LogP contribution in [0, 0.1) is 0 Å². The molecule has 2 aromatic rings. The molecule has 0 saturated heterocycles. The molecule has 0 atom stereocenters. The molecule has 2 amide bonds. The van der Waals surface area contributed by atoms with Gasteiger partial charge in [-0.25, -0.2) is 0 Å². The normalized spacial score (nSPS) is 10.6. The number of hydrogen-bond donors (Lipinski definition) is 1. The number of benzene rings is 1. The van der Waals surface area contributed by atoms with E-state index in [1.54, 1.807) is 41.6 Å². The van der Waals surface area contributed by atoms with Crippen molar-refractivity contribution >= 4 is 40.4 Å². The number of nitrogens with zero attached hydrogens (tertiary/aromatic N) is 1. The first-order chi connectivity index (χ1) is 10.4. The van der Waals surface area contributed by atoms with Gasteiger partial charge in [0.15, 0.2) is 0 Å². The van der Waals surface area contributed by atoms with E-state index < -0.39 is 0 Å². The number of thiophene rings is 1. The Morgan fingerprint density at radius 2 is 1.95 bits per heavy atom.